The van der Waals surface area contributed by atoms with Gasteiger partial charge in [-0.25, -0.2) is 0 Å². The minimum Gasteiger partial charge on any atom is -0.299 e. The minimum absolute atomic E-state index is 0.00194. The van der Waals surface area contributed by atoms with Crippen LogP contribution in [0.2, 0.25) is 0 Å². The van der Waals surface area contributed by atoms with E-state index in [1.165, 1.54) is 13.0 Å². The van der Waals surface area contributed by atoms with Crippen LogP contribution in [-0.4, -0.2) is 10.7 Å². The van der Waals surface area contributed by atoms with Gasteiger partial charge in [0.1, 0.15) is 5.78 Å². The van der Waals surface area contributed by atoms with Crippen molar-refractivity contribution < 1.29 is 9.72 Å². The molecule has 1 aromatic carbocycles. The first kappa shape index (κ1) is 13.8. The highest BCUT2D eigenvalue weighted by molar-refractivity contribution is 9.10. The van der Waals surface area contributed by atoms with Crippen LogP contribution in [0.25, 0.3) is 0 Å². The number of carbonyl (C=O) groups excluding carboxylic acids is 1. The van der Waals surface area contributed by atoms with Gasteiger partial charge in [-0.05, 0) is 25.0 Å². The number of nitro benzene ring substituents is 1. The third-order valence-electron chi connectivity index (χ3n) is 2.63. The van der Waals surface area contributed by atoms with Gasteiger partial charge in [0.15, 0.2) is 0 Å². The smallest absolute Gasteiger partial charge is 0.273 e. The van der Waals surface area contributed by atoms with Crippen LogP contribution in [0.5, 0.6) is 0 Å². The van der Waals surface area contributed by atoms with Crippen molar-refractivity contribution in [1.82, 2.24) is 0 Å². The first-order valence-corrected chi connectivity index (χ1v) is 6.08. The molecule has 0 aromatic heterocycles. The molecule has 0 saturated heterocycles. The highest BCUT2D eigenvalue weighted by Gasteiger charge is 2.28. The second kappa shape index (κ2) is 5.40. The standard InChI is InChI=1S/C12H14BrNO3/c1-7(2)12(8(3)15)10-6-9(13)4-5-11(10)14(16)17/h4-7,12H,1-3H3. The number of nitrogens with zero attached hydrogens (tertiary/aromatic N) is 1. The molecule has 1 aromatic rings. The van der Waals surface area contributed by atoms with Gasteiger partial charge in [0.05, 0.1) is 10.8 Å². The predicted molar refractivity (Wildman–Crippen MR) is 69.1 cm³/mol. The maximum Gasteiger partial charge on any atom is 0.273 e. The van der Waals surface area contributed by atoms with Gasteiger partial charge in [0.25, 0.3) is 5.69 Å². The van der Waals surface area contributed by atoms with Gasteiger partial charge in [0, 0.05) is 16.1 Å². The van der Waals surface area contributed by atoms with Crippen molar-refractivity contribution in [2.24, 2.45) is 5.92 Å². The molecule has 1 rings (SSSR count). The Kier molecular flexibility index (Phi) is 4.40. The van der Waals surface area contributed by atoms with Crippen molar-refractivity contribution in [2.75, 3.05) is 0 Å². The number of ketones is 1. The summed E-state index contributed by atoms with van der Waals surface area (Å²) in [7, 11) is 0. The zero-order valence-electron chi connectivity index (χ0n) is 9.94. The number of benzene rings is 1. The Morgan fingerprint density at radius 1 is 1.41 bits per heavy atom. The Balaban J connectivity index is 3.40. The van der Waals surface area contributed by atoms with E-state index in [9.17, 15) is 14.9 Å². The molecule has 0 aliphatic rings. The van der Waals surface area contributed by atoms with E-state index in [-0.39, 0.29) is 17.4 Å². The molecule has 0 N–H and O–H groups in total. The molecule has 4 nitrogen and oxygen atoms in total. The van der Waals surface area contributed by atoms with E-state index in [0.29, 0.717) is 5.56 Å². The van der Waals surface area contributed by atoms with Gasteiger partial charge < -0.3 is 0 Å². The van der Waals surface area contributed by atoms with Crippen LogP contribution in [0, 0.1) is 16.0 Å². The Morgan fingerprint density at radius 3 is 2.41 bits per heavy atom. The Labute approximate surface area is 108 Å². The molecule has 0 spiro atoms. The van der Waals surface area contributed by atoms with Gasteiger partial charge in [-0.1, -0.05) is 29.8 Å². The van der Waals surface area contributed by atoms with Crippen LogP contribution in [0.15, 0.2) is 22.7 Å². The van der Waals surface area contributed by atoms with E-state index >= 15 is 0 Å². The third-order valence-corrected chi connectivity index (χ3v) is 3.12. The highest BCUT2D eigenvalue weighted by atomic mass is 79.9. The Morgan fingerprint density at radius 2 is 2.00 bits per heavy atom. The maximum atomic E-state index is 11.6. The summed E-state index contributed by atoms with van der Waals surface area (Å²) in [5.41, 5.74) is 0.481. The molecule has 0 heterocycles. The molecule has 17 heavy (non-hydrogen) atoms. The fourth-order valence-electron chi connectivity index (χ4n) is 1.99. The van der Waals surface area contributed by atoms with Crippen molar-refractivity contribution in [2.45, 2.75) is 26.7 Å². The fraction of sp³-hybridized carbons (Fsp3) is 0.417. The highest BCUT2D eigenvalue weighted by Crippen LogP contribution is 2.34. The predicted octanol–water partition coefficient (Wildman–Crippen LogP) is 3.69. The van der Waals surface area contributed by atoms with Gasteiger partial charge in [-0.2, -0.15) is 0 Å². The van der Waals surface area contributed by atoms with Crippen LogP contribution in [-0.2, 0) is 4.79 Å². The lowest BCUT2D eigenvalue weighted by Crippen LogP contribution is -2.16. The second-order valence-electron chi connectivity index (χ2n) is 4.29. The largest absolute Gasteiger partial charge is 0.299 e. The van der Waals surface area contributed by atoms with Crippen LogP contribution in [0.3, 0.4) is 0 Å². The number of nitro groups is 1. The quantitative estimate of drug-likeness (QED) is 0.629. The summed E-state index contributed by atoms with van der Waals surface area (Å²) in [4.78, 5) is 22.2. The number of Topliss-reactive ketones (excluding diaryl/α,β-unsaturated/α-hetero) is 1. The molecule has 0 aliphatic heterocycles. The van der Waals surface area contributed by atoms with Crippen LogP contribution >= 0.6 is 15.9 Å². The first-order chi connectivity index (χ1) is 7.84. The van der Waals surface area contributed by atoms with Crippen LogP contribution in [0.1, 0.15) is 32.3 Å². The molecule has 1 atom stereocenters. The van der Waals surface area contributed by atoms with E-state index in [2.05, 4.69) is 15.9 Å². The normalized spacial score (nSPS) is 12.5. The van der Waals surface area contributed by atoms with Crippen molar-refractivity contribution in [1.29, 1.82) is 0 Å². The molecule has 0 fully saturated rings. The molecule has 0 radical (unpaired) electrons. The average Bonchev–Trinajstić information content (AvgIpc) is 2.15. The zero-order valence-corrected chi connectivity index (χ0v) is 11.5. The molecule has 1 unspecified atom stereocenters. The molecule has 92 valence electrons. The Hall–Kier alpha value is -1.23. The van der Waals surface area contributed by atoms with E-state index in [4.69, 9.17) is 0 Å². The van der Waals surface area contributed by atoms with Gasteiger partial charge >= 0.3 is 0 Å². The molecule has 5 heteroatoms. The molecule has 0 amide bonds. The monoisotopic (exact) mass is 299 g/mol. The average molecular weight is 300 g/mol. The van der Waals surface area contributed by atoms with E-state index < -0.39 is 10.8 Å². The van der Waals surface area contributed by atoms with E-state index in [1.54, 1.807) is 12.1 Å². The fourth-order valence-corrected chi connectivity index (χ4v) is 2.37. The summed E-state index contributed by atoms with van der Waals surface area (Å²) < 4.78 is 0.741. The minimum atomic E-state index is -0.444. The summed E-state index contributed by atoms with van der Waals surface area (Å²) in [5, 5.41) is 11.0. The summed E-state index contributed by atoms with van der Waals surface area (Å²) in [5.74, 6) is -0.463. The van der Waals surface area contributed by atoms with Gasteiger partial charge in [0.2, 0.25) is 0 Å². The lowest BCUT2D eigenvalue weighted by Gasteiger charge is -2.18. The Bertz CT molecular complexity index is 457. The molecule has 0 bridgehead atoms. The van der Waals surface area contributed by atoms with Crippen LogP contribution in [0.4, 0.5) is 5.69 Å². The number of halogens is 1. The molecular formula is C12H14BrNO3. The lowest BCUT2D eigenvalue weighted by atomic mass is 9.84. The topological polar surface area (TPSA) is 60.2 Å². The van der Waals surface area contributed by atoms with Crippen molar-refractivity contribution in [3.8, 4) is 0 Å². The lowest BCUT2D eigenvalue weighted by molar-refractivity contribution is -0.385. The summed E-state index contributed by atoms with van der Waals surface area (Å²) in [6, 6.07) is 4.70. The van der Waals surface area contributed by atoms with E-state index in [1.807, 2.05) is 13.8 Å². The summed E-state index contributed by atoms with van der Waals surface area (Å²) in [6.45, 7) is 5.24. The number of hydrogen-bond acceptors (Lipinski definition) is 3. The SMILES string of the molecule is CC(=O)C(c1cc(Br)ccc1[N+](=O)[O-])C(C)C. The molecular weight excluding hydrogens is 286 g/mol. The van der Waals surface area contributed by atoms with Gasteiger partial charge in [-0.3, -0.25) is 14.9 Å². The summed E-state index contributed by atoms with van der Waals surface area (Å²) >= 11 is 3.28. The first-order valence-electron chi connectivity index (χ1n) is 5.29. The molecule has 0 saturated carbocycles. The maximum absolute atomic E-state index is 11.6. The van der Waals surface area contributed by atoms with Crippen molar-refractivity contribution in [3.63, 3.8) is 0 Å². The van der Waals surface area contributed by atoms with E-state index in [0.717, 1.165) is 4.47 Å². The number of carbonyl (C=O) groups is 1. The van der Waals surface area contributed by atoms with Crippen LogP contribution < -0.4 is 0 Å². The van der Waals surface area contributed by atoms with Crippen molar-refractivity contribution >= 4 is 27.4 Å². The van der Waals surface area contributed by atoms with Gasteiger partial charge in [-0.15, -0.1) is 0 Å². The van der Waals surface area contributed by atoms with Crippen molar-refractivity contribution in [3.05, 3.63) is 38.3 Å². The zero-order chi connectivity index (χ0) is 13.2. The number of hydrogen-bond donors (Lipinski definition) is 0. The number of rotatable bonds is 4. The summed E-state index contributed by atoms with van der Waals surface area (Å²) in [6.07, 6.45) is 0. The second-order valence-corrected chi connectivity index (χ2v) is 5.21. The third kappa shape index (κ3) is 3.12. The molecule has 0 aliphatic carbocycles.